The van der Waals surface area contributed by atoms with Crippen LogP contribution in [0.2, 0.25) is 0 Å². The summed E-state index contributed by atoms with van der Waals surface area (Å²) in [7, 11) is 1.83. The summed E-state index contributed by atoms with van der Waals surface area (Å²) in [6, 6.07) is 0. The SMILES string of the molecule is CCC1(NC)OC(C)(C)OC1N. The molecule has 0 radical (unpaired) electrons. The molecule has 1 heterocycles. The highest BCUT2D eigenvalue weighted by atomic mass is 16.8. The maximum atomic E-state index is 5.80. The lowest BCUT2D eigenvalue weighted by Gasteiger charge is -2.29. The molecular weight excluding hydrogens is 156 g/mol. The zero-order valence-electron chi connectivity index (χ0n) is 8.18. The van der Waals surface area contributed by atoms with Crippen LogP contribution in [0.15, 0.2) is 0 Å². The van der Waals surface area contributed by atoms with Gasteiger partial charge in [0.15, 0.2) is 17.7 Å². The Morgan fingerprint density at radius 2 is 2.08 bits per heavy atom. The van der Waals surface area contributed by atoms with E-state index >= 15 is 0 Å². The Balaban J connectivity index is 2.79. The van der Waals surface area contributed by atoms with Crippen molar-refractivity contribution in [2.75, 3.05) is 7.05 Å². The van der Waals surface area contributed by atoms with Gasteiger partial charge in [-0.3, -0.25) is 5.32 Å². The van der Waals surface area contributed by atoms with E-state index in [0.717, 1.165) is 6.42 Å². The third-order valence-electron chi connectivity index (χ3n) is 2.25. The topological polar surface area (TPSA) is 56.5 Å². The molecule has 1 saturated heterocycles. The van der Waals surface area contributed by atoms with E-state index in [9.17, 15) is 0 Å². The zero-order chi connectivity index (χ0) is 9.41. The summed E-state index contributed by atoms with van der Waals surface area (Å²) in [5.74, 6) is -0.585. The van der Waals surface area contributed by atoms with Gasteiger partial charge in [-0.1, -0.05) is 6.92 Å². The van der Waals surface area contributed by atoms with Crippen LogP contribution in [0.5, 0.6) is 0 Å². The summed E-state index contributed by atoms with van der Waals surface area (Å²) in [5, 5.41) is 3.06. The molecule has 0 saturated carbocycles. The molecule has 0 aromatic rings. The quantitative estimate of drug-likeness (QED) is 0.635. The summed E-state index contributed by atoms with van der Waals surface area (Å²) in [4.78, 5) is 0. The molecule has 12 heavy (non-hydrogen) atoms. The van der Waals surface area contributed by atoms with Gasteiger partial charge in [-0.25, -0.2) is 0 Å². The minimum atomic E-state index is -0.585. The molecule has 3 N–H and O–H groups in total. The fourth-order valence-electron chi connectivity index (χ4n) is 1.57. The van der Waals surface area contributed by atoms with E-state index in [4.69, 9.17) is 15.2 Å². The first-order valence-corrected chi connectivity index (χ1v) is 4.28. The molecule has 0 aromatic heterocycles. The molecule has 0 bridgehead atoms. The molecule has 4 heteroatoms. The predicted molar refractivity (Wildman–Crippen MR) is 46.3 cm³/mol. The van der Waals surface area contributed by atoms with Crippen molar-refractivity contribution in [1.29, 1.82) is 0 Å². The summed E-state index contributed by atoms with van der Waals surface area (Å²) >= 11 is 0. The smallest absolute Gasteiger partial charge is 0.167 e. The Kier molecular flexibility index (Phi) is 2.45. The standard InChI is InChI=1S/C8H18N2O2/c1-5-8(10-4)6(9)11-7(2,3)12-8/h6,10H,5,9H2,1-4H3. The van der Waals surface area contributed by atoms with Gasteiger partial charge in [0, 0.05) is 0 Å². The second-order valence-corrected chi connectivity index (χ2v) is 3.53. The molecule has 2 atom stereocenters. The Labute approximate surface area is 73.4 Å². The van der Waals surface area contributed by atoms with E-state index in [-0.39, 0.29) is 0 Å². The predicted octanol–water partition coefficient (Wildman–Crippen LogP) is 0.380. The molecule has 0 aliphatic carbocycles. The van der Waals surface area contributed by atoms with E-state index in [1.54, 1.807) is 0 Å². The minimum absolute atomic E-state index is 0.400. The van der Waals surface area contributed by atoms with Crippen LogP contribution in [-0.4, -0.2) is 24.8 Å². The molecule has 72 valence electrons. The molecule has 1 rings (SSSR count). The Hall–Kier alpha value is -0.160. The second-order valence-electron chi connectivity index (χ2n) is 3.53. The van der Waals surface area contributed by atoms with Crippen molar-refractivity contribution in [2.45, 2.75) is 44.9 Å². The first-order chi connectivity index (χ1) is 5.46. The molecule has 1 aliphatic rings. The number of nitrogens with one attached hydrogen (secondary N) is 1. The highest BCUT2D eigenvalue weighted by Crippen LogP contribution is 2.33. The fourth-order valence-corrected chi connectivity index (χ4v) is 1.57. The molecule has 0 aromatic carbocycles. The number of rotatable bonds is 2. The van der Waals surface area contributed by atoms with Crippen LogP contribution in [0.4, 0.5) is 0 Å². The summed E-state index contributed by atoms with van der Waals surface area (Å²) < 4.78 is 11.1. The van der Waals surface area contributed by atoms with Crippen molar-refractivity contribution in [3.8, 4) is 0 Å². The number of hydrogen-bond acceptors (Lipinski definition) is 4. The Morgan fingerprint density at radius 3 is 2.25 bits per heavy atom. The van der Waals surface area contributed by atoms with E-state index in [2.05, 4.69) is 5.32 Å². The normalized spacial score (nSPS) is 40.2. The molecule has 0 amide bonds. The van der Waals surface area contributed by atoms with Crippen LogP contribution >= 0.6 is 0 Å². The summed E-state index contributed by atoms with van der Waals surface area (Å²) in [6.45, 7) is 5.74. The van der Waals surface area contributed by atoms with Gasteiger partial charge in [-0.15, -0.1) is 0 Å². The van der Waals surface area contributed by atoms with E-state index in [1.165, 1.54) is 0 Å². The first kappa shape index (κ1) is 9.92. The highest BCUT2D eigenvalue weighted by molar-refractivity contribution is 4.89. The van der Waals surface area contributed by atoms with Gasteiger partial charge >= 0.3 is 0 Å². The molecule has 1 aliphatic heterocycles. The monoisotopic (exact) mass is 174 g/mol. The Morgan fingerprint density at radius 1 is 1.50 bits per heavy atom. The van der Waals surface area contributed by atoms with Gasteiger partial charge in [0.25, 0.3) is 0 Å². The zero-order valence-corrected chi connectivity index (χ0v) is 8.18. The average molecular weight is 174 g/mol. The highest BCUT2D eigenvalue weighted by Gasteiger charge is 2.49. The van der Waals surface area contributed by atoms with Crippen LogP contribution in [0.1, 0.15) is 27.2 Å². The number of ether oxygens (including phenoxy) is 2. The summed E-state index contributed by atoms with van der Waals surface area (Å²) in [5.41, 5.74) is 5.28. The summed E-state index contributed by atoms with van der Waals surface area (Å²) in [6.07, 6.45) is 0.385. The molecule has 0 spiro atoms. The minimum Gasteiger partial charge on any atom is -0.328 e. The van der Waals surface area contributed by atoms with Crippen molar-refractivity contribution in [3.05, 3.63) is 0 Å². The van der Waals surface area contributed by atoms with Crippen molar-refractivity contribution >= 4 is 0 Å². The van der Waals surface area contributed by atoms with E-state index < -0.39 is 17.7 Å². The largest absolute Gasteiger partial charge is 0.328 e. The molecule has 4 nitrogen and oxygen atoms in total. The number of hydrogen-bond donors (Lipinski definition) is 2. The van der Waals surface area contributed by atoms with Gasteiger partial charge in [-0.05, 0) is 27.3 Å². The number of likely N-dealkylation sites (N-methyl/N-ethyl adjacent to an activating group) is 1. The maximum absolute atomic E-state index is 5.80. The van der Waals surface area contributed by atoms with Gasteiger partial charge in [0.05, 0.1) is 0 Å². The Bertz CT molecular complexity index is 166. The third-order valence-corrected chi connectivity index (χ3v) is 2.25. The van der Waals surface area contributed by atoms with Crippen LogP contribution in [0.3, 0.4) is 0 Å². The average Bonchev–Trinajstić information content (AvgIpc) is 2.21. The van der Waals surface area contributed by atoms with Gasteiger partial charge in [0.2, 0.25) is 0 Å². The first-order valence-electron chi connectivity index (χ1n) is 4.28. The van der Waals surface area contributed by atoms with E-state index in [1.807, 2.05) is 27.8 Å². The van der Waals surface area contributed by atoms with Gasteiger partial charge in [0.1, 0.15) is 0 Å². The lowest BCUT2D eigenvalue weighted by Crippen LogP contribution is -2.54. The van der Waals surface area contributed by atoms with Crippen molar-refractivity contribution in [3.63, 3.8) is 0 Å². The molecule has 1 fully saturated rings. The van der Waals surface area contributed by atoms with Crippen LogP contribution in [0.25, 0.3) is 0 Å². The maximum Gasteiger partial charge on any atom is 0.167 e. The lowest BCUT2D eigenvalue weighted by atomic mass is 10.1. The fraction of sp³-hybridized carbons (Fsp3) is 1.00. The van der Waals surface area contributed by atoms with Crippen LogP contribution in [-0.2, 0) is 9.47 Å². The number of nitrogens with two attached hydrogens (primary N) is 1. The van der Waals surface area contributed by atoms with Crippen molar-refractivity contribution in [2.24, 2.45) is 5.73 Å². The lowest BCUT2D eigenvalue weighted by molar-refractivity contribution is -0.168. The van der Waals surface area contributed by atoms with Crippen molar-refractivity contribution < 1.29 is 9.47 Å². The van der Waals surface area contributed by atoms with Gasteiger partial charge < -0.3 is 15.2 Å². The third kappa shape index (κ3) is 1.47. The molecular formula is C8H18N2O2. The van der Waals surface area contributed by atoms with Crippen LogP contribution < -0.4 is 11.1 Å². The van der Waals surface area contributed by atoms with E-state index in [0.29, 0.717) is 0 Å². The second kappa shape index (κ2) is 2.96. The molecule has 2 unspecified atom stereocenters. The van der Waals surface area contributed by atoms with Crippen molar-refractivity contribution in [1.82, 2.24) is 5.32 Å². The van der Waals surface area contributed by atoms with Crippen LogP contribution in [0, 0.1) is 0 Å². The van der Waals surface area contributed by atoms with Gasteiger partial charge in [-0.2, -0.15) is 0 Å².